The summed E-state index contributed by atoms with van der Waals surface area (Å²) in [5.74, 6) is -0.436. The number of rotatable bonds is 4. The van der Waals surface area contributed by atoms with Crippen molar-refractivity contribution in [3.8, 4) is 0 Å². The van der Waals surface area contributed by atoms with Crippen molar-refractivity contribution in [2.45, 2.75) is 5.92 Å². The Labute approximate surface area is 113 Å². The first-order chi connectivity index (χ1) is 9.11. The van der Waals surface area contributed by atoms with E-state index in [1.54, 1.807) is 0 Å². The fourth-order valence-corrected chi connectivity index (χ4v) is 2.25. The van der Waals surface area contributed by atoms with Crippen LogP contribution in [0.15, 0.2) is 42.5 Å². The van der Waals surface area contributed by atoms with E-state index in [1.807, 2.05) is 37.2 Å². The van der Waals surface area contributed by atoms with E-state index < -0.39 is 0 Å². The molecule has 100 valence electrons. The Bertz CT molecular complexity index is 578. The number of likely N-dealkylation sites (N-methyl/N-ethyl adjacent to an activating group) is 1. The molecule has 1 unspecified atom stereocenters. The summed E-state index contributed by atoms with van der Waals surface area (Å²) in [6.07, 6.45) is 0. The molecule has 2 aromatic carbocycles. The van der Waals surface area contributed by atoms with Crippen LogP contribution in [0.25, 0.3) is 10.8 Å². The third-order valence-corrected chi connectivity index (χ3v) is 3.21. The highest BCUT2D eigenvalue weighted by Crippen LogP contribution is 2.23. The minimum Gasteiger partial charge on any atom is -0.469 e. The summed E-state index contributed by atoms with van der Waals surface area (Å²) in [5, 5.41) is 2.33. The smallest absolute Gasteiger partial charge is 0.314 e. The SMILES string of the molecule is COC(=O)C(CN(C)C)c1ccc2ccccc2c1. The highest BCUT2D eigenvalue weighted by Gasteiger charge is 2.22. The number of fused-ring (bicyclic) bond motifs is 1. The van der Waals surface area contributed by atoms with Crippen molar-refractivity contribution in [3.63, 3.8) is 0 Å². The quantitative estimate of drug-likeness (QED) is 0.789. The monoisotopic (exact) mass is 257 g/mol. The molecule has 0 amide bonds. The molecule has 0 saturated heterocycles. The summed E-state index contributed by atoms with van der Waals surface area (Å²) in [4.78, 5) is 13.9. The van der Waals surface area contributed by atoms with Crippen LogP contribution in [-0.2, 0) is 9.53 Å². The van der Waals surface area contributed by atoms with Gasteiger partial charge in [0.1, 0.15) is 0 Å². The second kappa shape index (κ2) is 5.85. The normalized spacial score (nSPS) is 12.6. The lowest BCUT2D eigenvalue weighted by atomic mass is 9.96. The number of carbonyl (C=O) groups excluding carboxylic acids is 1. The third kappa shape index (κ3) is 3.12. The van der Waals surface area contributed by atoms with Gasteiger partial charge in [-0.1, -0.05) is 42.5 Å². The molecule has 0 N–H and O–H groups in total. The van der Waals surface area contributed by atoms with Gasteiger partial charge < -0.3 is 9.64 Å². The number of ether oxygens (including phenoxy) is 1. The maximum atomic E-state index is 11.9. The molecule has 0 aliphatic carbocycles. The lowest BCUT2D eigenvalue weighted by Crippen LogP contribution is -2.27. The molecule has 0 aromatic heterocycles. The fraction of sp³-hybridized carbons (Fsp3) is 0.312. The van der Waals surface area contributed by atoms with Crippen LogP contribution in [0.1, 0.15) is 11.5 Å². The van der Waals surface area contributed by atoms with Gasteiger partial charge in [0.25, 0.3) is 0 Å². The molecule has 19 heavy (non-hydrogen) atoms. The van der Waals surface area contributed by atoms with E-state index in [-0.39, 0.29) is 11.9 Å². The van der Waals surface area contributed by atoms with Crippen molar-refractivity contribution in [1.82, 2.24) is 4.90 Å². The summed E-state index contributed by atoms with van der Waals surface area (Å²) in [5.41, 5.74) is 0.999. The summed E-state index contributed by atoms with van der Waals surface area (Å²) in [6.45, 7) is 0.644. The standard InChI is InChI=1S/C16H19NO2/c1-17(2)11-15(16(18)19-3)14-9-8-12-6-4-5-7-13(12)10-14/h4-10,15H,11H2,1-3H3. The largest absolute Gasteiger partial charge is 0.469 e. The number of nitrogens with zero attached hydrogens (tertiary/aromatic N) is 1. The van der Waals surface area contributed by atoms with Crippen LogP contribution in [0.3, 0.4) is 0 Å². The molecule has 0 radical (unpaired) electrons. The van der Waals surface area contributed by atoms with E-state index in [1.165, 1.54) is 12.5 Å². The second-order valence-corrected chi connectivity index (χ2v) is 4.94. The Morgan fingerprint density at radius 2 is 1.84 bits per heavy atom. The molecule has 0 aliphatic heterocycles. The Morgan fingerprint density at radius 3 is 2.47 bits per heavy atom. The van der Waals surface area contributed by atoms with Crippen LogP contribution in [0, 0.1) is 0 Å². The maximum absolute atomic E-state index is 11.9. The van der Waals surface area contributed by atoms with Gasteiger partial charge in [0.15, 0.2) is 0 Å². The van der Waals surface area contributed by atoms with E-state index in [2.05, 4.69) is 24.3 Å². The topological polar surface area (TPSA) is 29.5 Å². The summed E-state index contributed by atoms with van der Waals surface area (Å²) in [7, 11) is 5.35. The molecule has 0 spiro atoms. The average Bonchev–Trinajstić information content (AvgIpc) is 2.43. The van der Waals surface area contributed by atoms with Gasteiger partial charge in [-0.25, -0.2) is 0 Å². The van der Waals surface area contributed by atoms with Crippen molar-refractivity contribution in [2.24, 2.45) is 0 Å². The molecule has 0 aliphatic rings. The Hall–Kier alpha value is -1.87. The predicted molar refractivity (Wildman–Crippen MR) is 77.3 cm³/mol. The molecule has 2 aromatic rings. The average molecular weight is 257 g/mol. The van der Waals surface area contributed by atoms with Gasteiger partial charge in [-0.3, -0.25) is 4.79 Å². The summed E-state index contributed by atoms with van der Waals surface area (Å²) >= 11 is 0. The zero-order valence-corrected chi connectivity index (χ0v) is 11.6. The van der Waals surface area contributed by atoms with Crippen molar-refractivity contribution >= 4 is 16.7 Å². The number of methoxy groups -OCH3 is 1. The van der Waals surface area contributed by atoms with Gasteiger partial charge >= 0.3 is 5.97 Å². The van der Waals surface area contributed by atoms with Gasteiger partial charge in [-0.15, -0.1) is 0 Å². The highest BCUT2D eigenvalue weighted by molar-refractivity contribution is 5.86. The molecule has 0 fully saturated rings. The molecule has 2 rings (SSSR count). The molecule has 0 saturated carbocycles. The second-order valence-electron chi connectivity index (χ2n) is 4.94. The van der Waals surface area contributed by atoms with Crippen molar-refractivity contribution in [2.75, 3.05) is 27.7 Å². The van der Waals surface area contributed by atoms with E-state index >= 15 is 0 Å². The van der Waals surface area contributed by atoms with Crippen LogP contribution in [0.4, 0.5) is 0 Å². The molecular weight excluding hydrogens is 238 g/mol. The van der Waals surface area contributed by atoms with Crippen molar-refractivity contribution in [1.29, 1.82) is 0 Å². The number of carbonyl (C=O) groups is 1. The van der Waals surface area contributed by atoms with Gasteiger partial charge in [0, 0.05) is 6.54 Å². The highest BCUT2D eigenvalue weighted by atomic mass is 16.5. The number of hydrogen-bond acceptors (Lipinski definition) is 3. The third-order valence-electron chi connectivity index (χ3n) is 3.21. The first kappa shape index (κ1) is 13.6. The zero-order valence-electron chi connectivity index (χ0n) is 11.6. The first-order valence-corrected chi connectivity index (χ1v) is 6.33. The molecule has 3 nitrogen and oxygen atoms in total. The number of esters is 1. The lowest BCUT2D eigenvalue weighted by molar-refractivity contribution is -0.142. The van der Waals surface area contributed by atoms with Crippen molar-refractivity contribution < 1.29 is 9.53 Å². The van der Waals surface area contributed by atoms with E-state index in [9.17, 15) is 4.79 Å². The summed E-state index contributed by atoms with van der Waals surface area (Å²) in [6, 6.07) is 14.3. The van der Waals surface area contributed by atoms with Crippen LogP contribution >= 0.6 is 0 Å². The minimum absolute atomic E-state index is 0.191. The van der Waals surface area contributed by atoms with Crippen LogP contribution in [-0.4, -0.2) is 38.6 Å². The minimum atomic E-state index is -0.246. The molecule has 3 heteroatoms. The number of hydrogen-bond donors (Lipinski definition) is 0. The van der Waals surface area contributed by atoms with E-state index in [4.69, 9.17) is 4.74 Å². The zero-order chi connectivity index (χ0) is 13.8. The molecular formula is C16H19NO2. The summed E-state index contributed by atoms with van der Waals surface area (Å²) < 4.78 is 4.91. The van der Waals surface area contributed by atoms with Crippen LogP contribution in [0.2, 0.25) is 0 Å². The molecule has 0 bridgehead atoms. The van der Waals surface area contributed by atoms with E-state index in [0.717, 1.165) is 10.9 Å². The molecule has 0 heterocycles. The Morgan fingerprint density at radius 1 is 1.16 bits per heavy atom. The van der Waals surface area contributed by atoms with Crippen LogP contribution in [0.5, 0.6) is 0 Å². The van der Waals surface area contributed by atoms with Gasteiger partial charge in [0.2, 0.25) is 0 Å². The Balaban J connectivity index is 2.40. The fourth-order valence-electron chi connectivity index (χ4n) is 2.25. The van der Waals surface area contributed by atoms with E-state index in [0.29, 0.717) is 6.54 Å². The number of benzene rings is 2. The predicted octanol–water partition coefficient (Wildman–Crippen LogP) is 2.66. The van der Waals surface area contributed by atoms with Gasteiger partial charge in [0.05, 0.1) is 13.0 Å². The lowest BCUT2D eigenvalue weighted by Gasteiger charge is -2.19. The molecule has 1 atom stereocenters. The van der Waals surface area contributed by atoms with Crippen LogP contribution < -0.4 is 0 Å². The van der Waals surface area contributed by atoms with Gasteiger partial charge in [-0.2, -0.15) is 0 Å². The van der Waals surface area contributed by atoms with Crippen molar-refractivity contribution in [3.05, 3.63) is 48.0 Å². The maximum Gasteiger partial charge on any atom is 0.314 e. The Kier molecular flexibility index (Phi) is 4.17. The first-order valence-electron chi connectivity index (χ1n) is 6.33. The van der Waals surface area contributed by atoms with Gasteiger partial charge in [-0.05, 0) is 30.4 Å².